The van der Waals surface area contributed by atoms with Crippen LogP contribution in [0.1, 0.15) is 37.7 Å². The molecule has 0 radical (unpaired) electrons. The smallest absolute Gasteiger partial charge is 0.220 e. The number of hydrogen-bond donors (Lipinski definition) is 4. The summed E-state index contributed by atoms with van der Waals surface area (Å²) in [6.45, 7) is 2.06. The lowest BCUT2D eigenvalue weighted by atomic mass is 9.88. The first-order valence-electron chi connectivity index (χ1n) is 8.57. The molecule has 4 N–H and O–H groups in total. The molecule has 134 valence electrons. The number of amides is 1. The fourth-order valence-corrected chi connectivity index (χ4v) is 3.15. The number of piperidine rings is 1. The van der Waals surface area contributed by atoms with Gasteiger partial charge in [-0.05, 0) is 18.4 Å². The number of halogens is 1. The first-order valence-corrected chi connectivity index (χ1v) is 8.57. The molecule has 2 rings (SSSR count). The lowest BCUT2D eigenvalue weighted by Gasteiger charge is -2.38. The van der Waals surface area contributed by atoms with E-state index in [0.29, 0.717) is 25.8 Å². The number of carbonyl (C=O) groups is 1. The fourth-order valence-electron chi connectivity index (χ4n) is 3.15. The molecule has 5 atom stereocenters. The highest BCUT2D eigenvalue weighted by atomic mass is 19.1. The van der Waals surface area contributed by atoms with Gasteiger partial charge in [-0.1, -0.05) is 37.3 Å². The summed E-state index contributed by atoms with van der Waals surface area (Å²) in [5.74, 6) is -0.245. The Hall–Kier alpha value is -1.50. The number of hydrogen-bond acceptors (Lipinski definition) is 4. The second kappa shape index (κ2) is 9.11. The standard InChI is InChI=1S/C18H27FN2O3/c1-2-16(23)21-15-10-20-14(17(19)18(15)24)9-8-13(11-22)12-6-4-3-5-7-12/h3-7,13-15,17-18,20,22,24H,2,8-11H2,1H3,(H,21,23)/t13?,14-,15+,17+,18-/m1/s1. The van der Waals surface area contributed by atoms with Gasteiger partial charge in [-0.2, -0.15) is 0 Å². The van der Waals surface area contributed by atoms with E-state index in [1.54, 1.807) is 6.92 Å². The van der Waals surface area contributed by atoms with Crippen molar-refractivity contribution < 1.29 is 19.4 Å². The number of nitrogens with one attached hydrogen (secondary N) is 2. The minimum atomic E-state index is -1.45. The van der Waals surface area contributed by atoms with E-state index in [1.807, 2.05) is 30.3 Å². The van der Waals surface area contributed by atoms with Crippen molar-refractivity contribution in [3.63, 3.8) is 0 Å². The van der Waals surface area contributed by atoms with Crippen LogP contribution in [-0.2, 0) is 4.79 Å². The van der Waals surface area contributed by atoms with Gasteiger partial charge in [0.15, 0.2) is 0 Å². The van der Waals surface area contributed by atoms with Gasteiger partial charge < -0.3 is 20.8 Å². The second-order valence-electron chi connectivity index (χ2n) is 6.34. The molecule has 5 nitrogen and oxygen atoms in total. The second-order valence-corrected chi connectivity index (χ2v) is 6.34. The molecule has 1 heterocycles. The summed E-state index contributed by atoms with van der Waals surface area (Å²) in [7, 11) is 0. The maximum absolute atomic E-state index is 14.5. The maximum atomic E-state index is 14.5. The molecule has 0 bridgehead atoms. The molecule has 1 saturated heterocycles. The molecule has 1 aliphatic heterocycles. The lowest BCUT2D eigenvalue weighted by molar-refractivity contribution is -0.123. The van der Waals surface area contributed by atoms with Crippen molar-refractivity contribution in [2.24, 2.45) is 0 Å². The molecule has 0 saturated carbocycles. The third kappa shape index (κ3) is 4.75. The molecule has 6 heteroatoms. The number of rotatable bonds is 7. The van der Waals surface area contributed by atoms with E-state index in [1.165, 1.54) is 0 Å². The van der Waals surface area contributed by atoms with Gasteiger partial charge in [-0.25, -0.2) is 4.39 Å². The molecular formula is C18H27FN2O3. The molecule has 0 aliphatic carbocycles. The van der Waals surface area contributed by atoms with Gasteiger partial charge in [0, 0.05) is 31.5 Å². The Bertz CT molecular complexity index is 514. The summed E-state index contributed by atoms with van der Waals surface area (Å²) in [6.07, 6.45) is -1.23. The van der Waals surface area contributed by atoms with Gasteiger partial charge >= 0.3 is 0 Å². The molecule has 0 spiro atoms. The van der Waals surface area contributed by atoms with E-state index >= 15 is 0 Å². The summed E-state index contributed by atoms with van der Waals surface area (Å²) < 4.78 is 14.5. The Morgan fingerprint density at radius 3 is 2.75 bits per heavy atom. The number of aliphatic hydroxyl groups is 2. The molecule has 0 aromatic heterocycles. The van der Waals surface area contributed by atoms with Crippen molar-refractivity contribution in [2.45, 2.75) is 56.5 Å². The molecule has 24 heavy (non-hydrogen) atoms. The molecular weight excluding hydrogens is 311 g/mol. The van der Waals surface area contributed by atoms with E-state index < -0.39 is 24.4 Å². The first kappa shape index (κ1) is 18.8. The lowest BCUT2D eigenvalue weighted by Crippen LogP contribution is -2.63. The van der Waals surface area contributed by atoms with Crippen molar-refractivity contribution in [3.05, 3.63) is 35.9 Å². The highest BCUT2D eigenvalue weighted by Crippen LogP contribution is 2.25. The average molecular weight is 338 g/mol. The van der Waals surface area contributed by atoms with Crippen LogP contribution in [0.25, 0.3) is 0 Å². The summed E-state index contributed by atoms with van der Waals surface area (Å²) in [4.78, 5) is 11.4. The minimum Gasteiger partial charge on any atom is -0.396 e. The normalized spacial score (nSPS) is 28.3. The average Bonchev–Trinajstić information content (AvgIpc) is 2.62. The topological polar surface area (TPSA) is 81.6 Å². The summed E-state index contributed by atoms with van der Waals surface area (Å²) >= 11 is 0. The van der Waals surface area contributed by atoms with Gasteiger partial charge in [-0.15, -0.1) is 0 Å². The molecule has 1 aromatic rings. The SMILES string of the molecule is CCC(=O)N[C@H]1CN[C@H](CCC(CO)c2ccccc2)[C@H](F)[C@@H]1O. The fraction of sp³-hybridized carbons (Fsp3) is 0.611. The van der Waals surface area contributed by atoms with Crippen LogP contribution in [0.15, 0.2) is 30.3 Å². The van der Waals surface area contributed by atoms with Crippen molar-refractivity contribution in [1.29, 1.82) is 0 Å². The van der Waals surface area contributed by atoms with Crippen LogP contribution < -0.4 is 10.6 Å². The van der Waals surface area contributed by atoms with E-state index in [9.17, 15) is 19.4 Å². The van der Waals surface area contributed by atoms with Crippen LogP contribution in [0, 0.1) is 0 Å². The predicted octanol–water partition coefficient (Wildman–Crippen LogP) is 1.11. The zero-order valence-electron chi connectivity index (χ0n) is 14.0. The Kier molecular flexibility index (Phi) is 7.15. The minimum absolute atomic E-state index is 0.00538. The monoisotopic (exact) mass is 338 g/mol. The highest BCUT2D eigenvalue weighted by Gasteiger charge is 2.39. The first-order chi connectivity index (χ1) is 11.6. The van der Waals surface area contributed by atoms with Crippen LogP contribution in [0.2, 0.25) is 0 Å². The predicted molar refractivity (Wildman–Crippen MR) is 90.4 cm³/mol. The Labute approximate surface area is 142 Å². The van der Waals surface area contributed by atoms with Crippen LogP contribution >= 0.6 is 0 Å². The van der Waals surface area contributed by atoms with Crippen molar-refractivity contribution in [1.82, 2.24) is 10.6 Å². The number of alkyl halides is 1. The number of aliphatic hydroxyl groups excluding tert-OH is 2. The zero-order chi connectivity index (χ0) is 17.5. The van der Waals surface area contributed by atoms with Crippen molar-refractivity contribution in [3.8, 4) is 0 Å². The third-order valence-corrected chi connectivity index (χ3v) is 4.71. The van der Waals surface area contributed by atoms with Gasteiger partial charge in [-0.3, -0.25) is 4.79 Å². The van der Waals surface area contributed by atoms with Crippen molar-refractivity contribution in [2.75, 3.05) is 13.2 Å². The van der Waals surface area contributed by atoms with E-state index in [-0.39, 0.29) is 18.4 Å². The van der Waals surface area contributed by atoms with Crippen molar-refractivity contribution >= 4 is 5.91 Å². The van der Waals surface area contributed by atoms with E-state index in [0.717, 1.165) is 5.56 Å². The van der Waals surface area contributed by atoms with E-state index in [2.05, 4.69) is 10.6 Å². The molecule has 1 aliphatic rings. The van der Waals surface area contributed by atoms with Crippen LogP contribution in [-0.4, -0.2) is 53.6 Å². The van der Waals surface area contributed by atoms with Gasteiger partial charge in [0.05, 0.1) is 6.04 Å². The van der Waals surface area contributed by atoms with Gasteiger partial charge in [0.2, 0.25) is 5.91 Å². The number of carbonyl (C=O) groups excluding carboxylic acids is 1. The summed E-state index contributed by atoms with van der Waals surface area (Å²) in [5.41, 5.74) is 1.03. The van der Waals surface area contributed by atoms with Crippen LogP contribution in [0.5, 0.6) is 0 Å². The van der Waals surface area contributed by atoms with Gasteiger partial charge in [0.1, 0.15) is 12.3 Å². The summed E-state index contributed by atoms with van der Waals surface area (Å²) in [6, 6.07) is 8.57. The van der Waals surface area contributed by atoms with Crippen LogP contribution in [0.3, 0.4) is 0 Å². The van der Waals surface area contributed by atoms with Crippen LogP contribution in [0.4, 0.5) is 4.39 Å². The summed E-state index contributed by atoms with van der Waals surface area (Å²) in [5, 5.41) is 25.4. The Balaban J connectivity index is 1.88. The molecule has 1 unspecified atom stereocenters. The molecule has 1 amide bonds. The molecule has 1 fully saturated rings. The maximum Gasteiger partial charge on any atom is 0.220 e. The highest BCUT2D eigenvalue weighted by molar-refractivity contribution is 5.75. The Morgan fingerprint density at radius 2 is 2.12 bits per heavy atom. The molecule has 1 aromatic carbocycles. The van der Waals surface area contributed by atoms with Gasteiger partial charge in [0.25, 0.3) is 0 Å². The Morgan fingerprint density at radius 1 is 1.42 bits per heavy atom. The largest absolute Gasteiger partial charge is 0.396 e. The quantitative estimate of drug-likeness (QED) is 0.600. The van der Waals surface area contributed by atoms with E-state index in [4.69, 9.17) is 0 Å². The third-order valence-electron chi connectivity index (χ3n) is 4.71. The zero-order valence-corrected chi connectivity index (χ0v) is 14.0. The number of benzene rings is 1.